The highest BCUT2D eigenvalue weighted by Gasteiger charge is 2.32. The molecule has 1 atom stereocenters. The molecule has 0 spiro atoms. The van der Waals surface area contributed by atoms with Gasteiger partial charge in [0.15, 0.2) is 0 Å². The molecular formula is C18H21NO3S. The van der Waals surface area contributed by atoms with Crippen molar-refractivity contribution in [3.63, 3.8) is 0 Å². The Hall–Kier alpha value is -1.69. The van der Waals surface area contributed by atoms with Crippen LogP contribution in [0.1, 0.15) is 22.8 Å². The van der Waals surface area contributed by atoms with Gasteiger partial charge in [-0.25, -0.2) is 8.42 Å². The summed E-state index contributed by atoms with van der Waals surface area (Å²) in [6, 6.07) is 15.2. The molecule has 0 amide bonds. The highest BCUT2D eigenvalue weighted by atomic mass is 32.2. The van der Waals surface area contributed by atoms with E-state index in [0.29, 0.717) is 24.6 Å². The molecule has 2 aromatic rings. The zero-order valence-corrected chi connectivity index (χ0v) is 14.2. The predicted molar refractivity (Wildman–Crippen MR) is 89.8 cm³/mol. The van der Waals surface area contributed by atoms with Crippen LogP contribution < -0.4 is 0 Å². The van der Waals surface area contributed by atoms with Crippen molar-refractivity contribution in [1.29, 1.82) is 0 Å². The maximum atomic E-state index is 13.0. The standard InChI is InChI=1S/C18H21NO3S/c1-14-8-9-18(15(2)12-14)23(20,21)19-10-11-22-17(13-19)16-6-4-3-5-7-16/h3-9,12,17H,10-11,13H2,1-2H3. The molecule has 5 heteroatoms. The van der Waals surface area contributed by atoms with Crippen LogP contribution in [0.2, 0.25) is 0 Å². The maximum absolute atomic E-state index is 13.0. The largest absolute Gasteiger partial charge is 0.371 e. The van der Waals surface area contributed by atoms with Gasteiger partial charge in [0.25, 0.3) is 0 Å². The molecule has 23 heavy (non-hydrogen) atoms. The van der Waals surface area contributed by atoms with Crippen LogP contribution in [0.25, 0.3) is 0 Å². The van der Waals surface area contributed by atoms with Crippen molar-refractivity contribution in [3.8, 4) is 0 Å². The molecule has 1 aliphatic rings. The van der Waals surface area contributed by atoms with E-state index < -0.39 is 10.0 Å². The van der Waals surface area contributed by atoms with Gasteiger partial charge < -0.3 is 4.74 Å². The topological polar surface area (TPSA) is 46.6 Å². The molecule has 0 aliphatic carbocycles. The third-order valence-electron chi connectivity index (χ3n) is 4.15. The molecule has 0 N–H and O–H groups in total. The molecule has 0 saturated carbocycles. The van der Waals surface area contributed by atoms with Crippen LogP contribution >= 0.6 is 0 Å². The Balaban J connectivity index is 1.88. The molecule has 0 bridgehead atoms. The number of morpholine rings is 1. The van der Waals surface area contributed by atoms with E-state index in [1.165, 1.54) is 4.31 Å². The molecule has 1 unspecified atom stereocenters. The van der Waals surface area contributed by atoms with E-state index >= 15 is 0 Å². The second-order valence-corrected chi connectivity index (χ2v) is 7.81. The summed E-state index contributed by atoms with van der Waals surface area (Å²) in [7, 11) is -3.50. The molecule has 1 aliphatic heterocycles. The van der Waals surface area contributed by atoms with Crippen molar-refractivity contribution in [3.05, 3.63) is 65.2 Å². The van der Waals surface area contributed by atoms with Gasteiger partial charge in [0.2, 0.25) is 10.0 Å². The van der Waals surface area contributed by atoms with E-state index in [4.69, 9.17) is 4.74 Å². The summed E-state index contributed by atoms with van der Waals surface area (Å²) >= 11 is 0. The molecule has 4 nitrogen and oxygen atoms in total. The summed E-state index contributed by atoms with van der Waals surface area (Å²) in [4.78, 5) is 0.386. The van der Waals surface area contributed by atoms with Gasteiger partial charge >= 0.3 is 0 Å². The first-order valence-electron chi connectivity index (χ1n) is 7.72. The van der Waals surface area contributed by atoms with Gasteiger partial charge in [-0.3, -0.25) is 0 Å². The van der Waals surface area contributed by atoms with Crippen molar-refractivity contribution in [2.24, 2.45) is 0 Å². The molecule has 0 radical (unpaired) electrons. The van der Waals surface area contributed by atoms with Crippen LogP contribution in [0.15, 0.2) is 53.4 Å². The fourth-order valence-corrected chi connectivity index (χ4v) is 4.57. The molecule has 122 valence electrons. The summed E-state index contributed by atoms with van der Waals surface area (Å²) in [5, 5.41) is 0. The number of hydrogen-bond donors (Lipinski definition) is 0. The van der Waals surface area contributed by atoms with Gasteiger partial charge in [-0.05, 0) is 31.0 Å². The Kier molecular flexibility index (Phi) is 4.53. The number of ether oxygens (including phenoxy) is 1. The lowest BCUT2D eigenvalue weighted by atomic mass is 10.1. The van der Waals surface area contributed by atoms with Crippen molar-refractivity contribution in [2.75, 3.05) is 19.7 Å². The first-order chi connectivity index (χ1) is 11.0. The molecule has 1 heterocycles. The quantitative estimate of drug-likeness (QED) is 0.868. The lowest BCUT2D eigenvalue weighted by Gasteiger charge is -2.32. The van der Waals surface area contributed by atoms with E-state index in [-0.39, 0.29) is 6.10 Å². The monoisotopic (exact) mass is 331 g/mol. The Morgan fingerprint density at radius 2 is 1.83 bits per heavy atom. The average Bonchev–Trinajstić information content (AvgIpc) is 2.55. The molecular weight excluding hydrogens is 310 g/mol. The highest BCUT2D eigenvalue weighted by molar-refractivity contribution is 7.89. The minimum absolute atomic E-state index is 0.217. The highest BCUT2D eigenvalue weighted by Crippen LogP contribution is 2.27. The van der Waals surface area contributed by atoms with Crippen molar-refractivity contribution in [2.45, 2.75) is 24.8 Å². The minimum Gasteiger partial charge on any atom is -0.371 e. The van der Waals surface area contributed by atoms with E-state index in [2.05, 4.69) is 0 Å². The fraction of sp³-hybridized carbons (Fsp3) is 0.333. The number of sulfonamides is 1. The first kappa shape index (κ1) is 16.2. The second kappa shape index (κ2) is 6.43. The summed E-state index contributed by atoms with van der Waals surface area (Å²) < 4.78 is 33.2. The number of benzene rings is 2. The van der Waals surface area contributed by atoms with Crippen LogP contribution in [0.4, 0.5) is 0 Å². The Bertz CT molecular complexity index is 787. The predicted octanol–water partition coefficient (Wildman–Crippen LogP) is 3.07. The van der Waals surface area contributed by atoms with Crippen LogP contribution in [0, 0.1) is 13.8 Å². The number of hydrogen-bond acceptors (Lipinski definition) is 3. The smallest absolute Gasteiger partial charge is 0.243 e. The summed E-state index contributed by atoms with van der Waals surface area (Å²) in [5.41, 5.74) is 2.85. The summed E-state index contributed by atoms with van der Waals surface area (Å²) in [6.45, 7) is 4.95. The van der Waals surface area contributed by atoms with Crippen LogP contribution in [0.5, 0.6) is 0 Å². The maximum Gasteiger partial charge on any atom is 0.243 e. The lowest BCUT2D eigenvalue weighted by molar-refractivity contribution is -0.00256. The van der Waals surface area contributed by atoms with E-state index in [1.54, 1.807) is 6.07 Å². The first-order valence-corrected chi connectivity index (χ1v) is 9.16. The normalized spacial score (nSPS) is 19.7. The minimum atomic E-state index is -3.50. The third-order valence-corrected chi connectivity index (χ3v) is 6.17. The van der Waals surface area contributed by atoms with Crippen molar-refractivity contribution in [1.82, 2.24) is 4.31 Å². The van der Waals surface area contributed by atoms with Crippen molar-refractivity contribution < 1.29 is 13.2 Å². The Labute approximate surface area is 137 Å². The zero-order valence-electron chi connectivity index (χ0n) is 13.4. The van der Waals surface area contributed by atoms with Gasteiger partial charge in [0, 0.05) is 13.1 Å². The van der Waals surface area contributed by atoms with Crippen molar-refractivity contribution >= 4 is 10.0 Å². The molecule has 2 aromatic carbocycles. The van der Waals surface area contributed by atoms with Crippen LogP contribution in [-0.2, 0) is 14.8 Å². The molecule has 1 saturated heterocycles. The van der Waals surface area contributed by atoms with Gasteiger partial charge in [-0.2, -0.15) is 4.31 Å². The number of rotatable bonds is 3. The summed E-state index contributed by atoms with van der Waals surface area (Å²) in [6.07, 6.45) is -0.217. The van der Waals surface area contributed by atoms with Gasteiger partial charge in [0.1, 0.15) is 0 Å². The molecule has 1 fully saturated rings. The zero-order chi connectivity index (χ0) is 16.4. The Morgan fingerprint density at radius 1 is 1.09 bits per heavy atom. The van der Waals surface area contributed by atoms with Gasteiger partial charge in [0.05, 0.1) is 17.6 Å². The van der Waals surface area contributed by atoms with Crippen LogP contribution in [-0.4, -0.2) is 32.4 Å². The van der Waals surface area contributed by atoms with Crippen LogP contribution in [0.3, 0.4) is 0 Å². The van der Waals surface area contributed by atoms with Gasteiger partial charge in [-0.15, -0.1) is 0 Å². The summed E-state index contributed by atoms with van der Waals surface area (Å²) in [5.74, 6) is 0. The molecule has 3 rings (SSSR count). The van der Waals surface area contributed by atoms with Gasteiger partial charge in [-0.1, -0.05) is 48.0 Å². The third kappa shape index (κ3) is 3.32. The van der Waals surface area contributed by atoms with E-state index in [1.807, 2.05) is 56.3 Å². The molecule has 0 aromatic heterocycles. The SMILES string of the molecule is Cc1ccc(S(=O)(=O)N2CCOC(c3ccccc3)C2)c(C)c1. The Morgan fingerprint density at radius 3 is 2.52 bits per heavy atom. The number of aryl methyl sites for hydroxylation is 2. The number of nitrogens with zero attached hydrogens (tertiary/aromatic N) is 1. The second-order valence-electron chi connectivity index (χ2n) is 5.90. The van der Waals surface area contributed by atoms with E-state index in [9.17, 15) is 8.42 Å². The van der Waals surface area contributed by atoms with E-state index in [0.717, 1.165) is 16.7 Å². The lowest BCUT2D eigenvalue weighted by Crippen LogP contribution is -2.42. The fourth-order valence-electron chi connectivity index (χ4n) is 2.94. The average molecular weight is 331 g/mol.